The van der Waals surface area contributed by atoms with E-state index in [0.717, 1.165) is 58.6 Å². The Morgan fingerprint density at radius 1 is 1.21 bits per heavy atom. The van der Waals surface area contributed by atoms with Crippen molar-refractivity contribution in [2.75, 3.05) is 19.0 Å². The van der Waals surface area contributed by atoms with E-state index >= 15 is 0 Å². The van der Waals surface area contributed by atoms with Crippen molar-refractivity contribution in [2.45, 2.75) is 38.3 Å². The van der Waals surface area contributed by atoms with E-state index in [1.54, 1.807) is 25.5 Å². The first-order valence-electron chi connectivity index (χ1n) is 11.7. The second-order valence-corrected chi connectivity index (χ2v) is 9.02. The summed E-state index contributed by atoms with van der Waals surface area (Å²) in [5.74, 6) is 0.987. The molecular formula is C28H29N3O3. The Morgan fingerprint density at radius 2 is 2.03 bits per heavy atom. The highest BCUT2D eigenvalue weighted by molar-refractivity contribution is 5.91. The summed E-state index contributed by atoms with van der Waals surface area (Å²) in [5.41, 5.74) is 7.29. The Hall–Kier alpha value is -3.80. The number of amides is 1. The zero-order valence-electron chi connectivity index (χ0n) is 19.5. The number of carbonyl (C=O) groups is 1. The van der Waals surface area contributed by atoms with E-state index < -0.39 is 6.04 Å². The number of benzene rings is 3. The average molecular weight is 456 g/mol. The van der Waals surface area contributed by atoms with Crippen LogP contribution in [0.5, 0.6) is 11.5 Å². The number of methoxy groups -OCH3 is 1. The van der Waals surface area contributed by atoms with Gasteiger partial charge in [0.15, 0.2) is 0 Å². The molecule has 2 atom stereocenters. The molecule has 0 aromatic heterocycles. The molecule has 0 radical (unpaired) electrons. The van der Waals surface area contributed by atoms with Crippen LogP contribution in [-0.4, -0.2) is 36.9 Å². The molecule has 5 rings (SSSR count). The van der Waals surface area contributed by atoms with E-state index in [4.69, 9.17) is 4.74 Å². The molecule has 3 aromatic carbocycles. The Labute approximate surface area is 199 Å². The first-order valence-corrected chi connectivity index (χ1v) is 11.7. The van der Waals surface area contributed by atoms with Gasteiger partial charge in [-0.05, 0) is 64.9 Å². The van der Waals surface area contributed by atoms with Gasteiger partial charge in [0.05, 0.1) is 13.2 Å². The summed E-state index contributed by atoms with van der Waals surface area (Å²) < 4.78 is 5.68. The molecule has 0 aliphatic carbocycles. The molecule has 2 unspecified atom stereocenters. The summed E-state index contributed by atoms with van der Waals surface area (Å²) in [5, 5.41) is 16.6. The van der Waals surface area contributed by atoms with Crippen LogP contribution >= 0.6 is 0 Å². The van der Waals surface area contributed by atoms with Crippen molar-refractivity contribution in [3.05, 3.63) is 88.0 Å². The average Bonchev–Trinajstić information content (AvgIpc) is 2.84. The number of hydrogen-bond donors (Lipinski definition) is 3. The number of aliphatic imine (C=N–C) groups is 1. The Bertz CT molecular complexity index is 1250. The molecule has 6 heteroatoms. The summed E-state index contributed by atoms with van der Waals surface area (Å²) in [6.07, 6.45) is 3.79. The first kappa shape index (κ1) is 22.0. The van der Waals surface area contributed by atoms with Crippen LogP contribution in [0.15, 0.2) is 59.6 Å². The van der Waals surface area contributed by atoms with E-state index in [-0.39, 0.29) is 17.7 Å². The third-order valence-corrected chi connectivity index (χ3v) is 6.72. The van der Waals surface area contributed by atoms with E-state index in [9.17, 15) is 9.90 Å². The van der Waals surface area contributed by atoms with Crippen LogP contribution in [0.4, 0.5) is 5.69 Å². The van der Waals surface area contributed by atoms with Gasteiger partial charge in [0, 0.05) is 37.4 Å². The number of phenolic OH excluding ortho intramolecular Hbond substituents is 1. The maximum absolute atomic E-state index is 13.2. The van der Waals surface area contributed by atoms with Crippen molar-refractivity contribution in [1.82, 2.24) is 5.32 Å². The third kappa shape index (κ3) is 4.36. The molecule has 0 fully saturated rings. The fourth-order valence-corrected chi connectivity index (χ4v) is 4.95. The number of hydrogen-bond acceptors (Lipinski definition) is 5. The number of aromatic hydroxyl groups is 1. The maximum atomic E-state index is 13.2. The van der Waals surface area contributed by atoms with E-state index in [0.29, 0.717) is 6.42 Å². The van der Waals surface area contributed by atoms with Gasteiger partial charge in [-0.25, -0.2) is 0 Å². The molecule has 2 aliphatic heterocycles. The molecule has 2 heterocycles. The van der Waals surface area contributed by atoms with Crippen LogP contribution in [-0.2, 0) is 17.6 Å². The lowest BCUT2D eigenvalue weighted by Crippen LogP contribution is -2.40. The topological polar surface area (TPSA) is 83.0 Å². The first-order chi connectivity index (χ1) is 16.5. The minimum atomic E-state index is -0.476. The lowest BCUT2D eigenvalue weighted by atomic mass is 9.91. The number of rotatable bonds is 5. The predicted octanol–water partition coefficient (Wildman–Crippen LogP) is 4.32. The van der Waals surface area contributed by atoms with Crippen LogP contribution in [0.25, 0.3) is 0 Å². The molecule has 3 N–H and O–H groups in total. The highest BCUT2D eigenvalue weighted by atomic mass is 16.5. The van der Waals surface area contributed by atoms with Crippen LogP contribution in [0, 0.1) is 6.92 Å². The Kier molecular flexibility index (Phi) is 5.97. The van der Waals surface area contributed by atoms with Crippen molar-refractivity contribution < 1.29 is 14.6 Å². The smallest absolute Gasteiger partial charge is 0.245 e. The van der Waals surface area contributed by atoms with Gasteiger partial charge < -0.3 is 20.5 Å². The summed E-state index contributed by atoms with van der Waals surface area (Å²) in [6, 6.07) is 17.4. The summed E-state index contributed by atoms with van der Waals surface area (Å²) in [6.45, 7) is 2.73. The molecule has 34 heavy (non-hydrogen) atoms. The molecule has 0 saturated carbocycles. The van der Waals surface area contributed by atoms with Gasteiger partial charge in [-0.1, -0.05) is 30.3 Å². The fourth-order valence-electron chi connectivity index (χ4n) is 4.95. The van der Waals surface area contributed by atoms with Gasteiger partial charge in [0.2, 0.25) is 5.91 Å². The highest BCUT2D eigenvalue weighted by Gasteiger charge is 2.29. The second-order valence-electron chi connectivity index (χ2n) is 9.02. The van der Waals surface area contributed by atoms with E-state index in [1.165, 1.54) is 5.56 Å². The van der Waals surface area contributed by atoms with Gasteiger partial charge in [0.1, 0.15) is 17.5 Å². The molecule has 0 saturated heterocycles. The largest absolute Gasteiger partial charge is 0.508 e. The fraction of sp³-hybridized carbons (Fsp3) is 0.286. The highest BCUT2D eigenvalue weighted by Crippen LogP contribution is 2.36. The van der Waals surface area contributed by atoms with E-state index in [2.05, 4.69) is 33.8 Å². The van der Waals surface area contributed by atoms with Crippen LogP contribution < -0.4 is 15.4 Å². The summed E-state index contributed by atoms with van der Waals surface area (Å²) >= 11 is 0. The predicted molar refractivity (Wildman–Crippen MR) is 134 cm³/mol. The second kappa shape index (κ2) is 9.21. The Balaban J connectivity index is 1.38. The Morgan fingerprint density at radius 3 is 2.82 bits per heavy atom. The van der Waals surface area contributed by atoms with Crippen LogP contribution in [0.2, 0.25) is 0 Å². The van der Waals surface area contributed by atoms with Gasteiger partial charge in [0.25, 0.3) is 0 Å². The molecule has 2 aliphatic rings. The van der Waals surface area contributed by atoms with Crippen LogP contribution in [0.1, 0.15) is 45.8 Å². The molecule has 0 bridgehead atoms. The van der Waals surface area contributed by atoms with Crippen molar-refractivity contribution in [1.29, 1.82) is 0 Å². The molecule has 3 aromatic rings. The summed E-state index contributed by atoms with van der Waals surface area (Å²) in [7, 11) is 1.69. The van der Waals surface area contributed by atoms with Gasteiger partial charge in [-0.2, -0.15) is 0 Å². The quantitative estimate of drug-likeness (QED) is 0.535. The number of carbonyl (C=O) groups excluding carboxylic acids is 1. The lowest BCUT2D eigenvalue weighted by Gasteiger charge is -2.30. The maximum Gasteiger partial charge on any atom is 0.245 e. The zero-order chi connectivity index (χ0) is 23.7. The molecule has 1 amide bonds. The number of ether oxygens (including phenoxy) is 1. The minimum Gasteiger partial charge on any atom is -0.508 e. The molecule has 0 spiro atoms. The molecule has 6 nitrogen and oxygen atoms in total. The van der Waals surface area contributed by atoms with E-state index in [1.807, 2.05) is 31.2 Å². The number of nitrogens with one attached hydrogen (secondary N) is 2. The normalized spacial score (nSPS) is 18.4. The summed E-state index contributed by atoms with van der Waals surface area (Å²) in [4.78, 5) is 17.7. The number of fused-ring (bicyclic) bond motifs is 2. The zero-order valence-corrected chi connectivity index (χ0v) is 19.5. The molecular weight excluding hydrogens is 426 g/mol. The third-order valence-electron chi connectivity index (χ3n) is 6.72. The number of nitrogens with zero attached hydrogens (tertiary/aromatic N) is 1. The van der Waals surface area contributed by atoms with Crippen molar-refractivity contribution in [2.24, 2.45) is 4.99 Å². The number of aryl methyl sites for hydroxylation is 1. The monoisotopic (exact) mass is 455 g/mol. The lowest BCUT2D eigenvalue weighted by molar-refractivity contribution is -0.123. The van der Waals surface area contributed by atoms with Crippen molar-refractivity contribution >= 4 is 17.8 Å². The van der Waals surface area contributed by atoms with Gasteiger partial charge in [-0.15, -0.1) is 0 Å². The van der Waals surface area contributed by atoms with Gasteiger partial charge >= 0.3 is 0 Å². The standard InChI is InChI=1S/C28H29N3O3/c1-17-10-21(32)12-20-16-30-26(14-22(17)20)28(33)31-24-8-9-29-25-15-27(34-2)19(13-23(24)25)11-18-6-4-3-5-7-18/h3-7,10,12-13,15-16,24,26,29,32H,8-9,11,14H2,1-2H3,(H,31,33). The van der Waals surface area contributed by atoms with Gasteiger partial charge in [-0.3, -0.25) is 9.79 Å². The number of anilines is 1. The van der Waals surface area contributed by atoms with Crippen molar-refractivity contribution in [3.8, 4) is 11.5 Å². The number of phenols is 1. The minimum absolute atomic E-state index is 0.0762. The van der Waals surface area contributed by atoms with Crippen LogP contribution in [0.3, 0.4) is 0 Å². The van der Waals surface area contributed by atoms with Crippen molar-refractivity contribution in [3.63, 3.8) is 0 Å². The SMILES string of the molecule is COc1cc2c(cc1Cc1ccccc1)C(NC(=O)C1Cc3c(C)cc(O)cc3C=N1)CCN2. The molecule has 174 valence electrons.